The van der Waals surface area contributed by atoms with Crippen molar-refractivity contribution in [2.45, 2.75) is 38.5 Å². The Kier molecular flexibility index (Phi) is 2.45. The van der Waals surface area contributed by atoms with Crippen molar-refractivity contribution in [3.63, 3.8) is 0 Å². The Labute approximate surface area is 71.6 Å². The molecule has 0 amide bonds. The Bertz CT molecular complexity index is 133. The molecule has 0 aromatic rings. The van der Waals surface area contributed by atoms with Crippen LogP contribution in [0.5, 0.6) is 0 Å². The first-order valence-electron chi connectivity index (χ1n) is 4.62. The van der Waals surface area contributed by atoms with Crippen molar-refractivity contribution >= 4 is 8.07 Å². The van der Waals surface area contributed by atoms with Crippen LogP contribution < -0.4 is 5.32 Å². The van der Waals surface area contributed by atoms with Gasteiger partial charge in [-0.15, -0.1) is 0 Å². The van der Waals surface area contributed by atoms with Crippen LogP contribution in [0, 0.1) is 5.41 Å². The monoisotopic (exact) mass is 171 g/mol. The third-order valence-electron chi connectivity index (χ3n) is 2.41. The average molecular weight is 171 g/mol. The van der Waals surface area contributed by atoms with Crippen molar-refractivity contribution in [2.75, 3.05) is 13.6 Å². The van der Waals surface area contributed by atoms with E-state index in [0.717, 1.165) is 5.41 Å². The zero-order valence-electron chi connectivity index (χ0n) is 8.33. The predicted octanol–water partition coefficient (Wildman–Crippen LogP) is 2.32. The number of rotatable bonds is 4. The molecule has 1 rings (SSSR count). The van der Waals surface area contributed by atoms with Crippen LogP contribution in [0.2, 0.25) is 25.7 Å². The minimum Gasteiger partial charge on any atom is -0.319 e. The van der Waals surface area contributed by atoms with Gasteiger partial charge < -0.3 is 5.32 Å². The van der Waals surface area contributed by atoms with Crippen molar-refractivity contribution in [3.05, 3.63) is 0 Å². The van der Waals surface area contributed by atoms with Crippen molar-refractivity contribution in [1.82, 2.24) is 5.32 Å². The normalized spacial score (nSPS) is 21.8. The first-order chi connectivity index (χ1) is 4.97. The summed E-state index contributed by atoms with van der Waals surface area (Å²) in [4.78, 5) is 0. The Morgan fingerprint density at radius 2 is 1.82 bits per heavy atom. The summed E-state index contributed by atoms with van der Waals surface area (Å²) in [5, 5.41) is 3.32. The van der Waals surface area contributed by atoms with Crippen LogP contribution >= 0.6 is 0 Å². The largest absolute Gasteiger partial charge is 0.319 e. The molecule has 0 aromatic heterocycles. The Morgan fingerprint density at radius 1 is 1.27 bits per heavy atom. The fourth-order valence-corrected chi connectivity index (χ4v) is 4.82. The van der Waals surface area contributed by atoms with Gasteiger partial charge in [-0.1, -0.05) is 25.7 Å². The molecule has 1 fully saturated rings. The van der Waals surface area contributed by atoms with Gasteiger partial charge in [-0.05, 0) is 25.3 Å². The molecule has 1 aliphatic rings. The molecule has 0 unspecified atom stereocenters. The van der Waals surface area contributed by atoms with Crippen LogP contribution in [0.3, 0.4) is 0 Å². The van der Waals surface area contributed by atoms with Gasteiger partial charge in [-0.2, -0.15) is 0 Å². The summed E-state index contributed by atoms with van der Waals surface area (Å²) in [5.74, 6) is 0. The van der Waals surface area contributed by atoms with E-state index in [0.29, 0.717) is 0 Å². The Morgan fingerprint density at radius 3 is 2.09 bits per heavy atom. The first-order valence-corrected chi connectivity index (χ1v) is 8.33. The number of hydrogen-bond acceptors (Lipinski definition) is 1. The molecule has 0 atom stereocenters. The van der Waals surface area contributed by atoms with Crippen molar-refractivity contribution in [2.24, 2.45) is 5.41 Å². The summed E-state index contributed by atoms with van der Waals surface area (Å²) in [5.41, 5.74) is 0.735. The van der Waals surface area contributed by atoms with E-state index in [1.807, 2.05) is 0 Å². The average Bonchev–Trinajstić information content (AvgIpc) is 2.44. The summed E-state index contributed by atoms with van der Waals surface area (Å²) >= 11 is 0. The third kappa shape index (κ3) is 2.95. The van der Waals surface area contributed by atoms with E-state index in [-0.39, 0.29) is 0 Å². The minimum atomic E-state index is -0.807. The molecule has 0 heterocycles. The van der Waals surface area contributed by atoms with E-state index in [1.54, 1.807) is 0 Å². The minimum absolute atomic E-state index is 0.735. The molecule has 0 aromatic carbocycles. The van der Waals surface area contributed by atoms with E-state index in [4.69, 9.17) is 0 Å². The first kappa shape index (κ1) is 9.27. The smallest absolute Gasteiger partial charge is 0.0448 e. The van der Waals surface area contributed by atoms with Crippen molar-refractivity contribution < 1.29 is 0 Å². The highest BCUT2D eigenvalue weighted by atomic mass is 28.3. The molecule has 0 spiro atoms. The quantitative estimate of drug-likeness (QED) is 0.640. The molecule has 2 heteroatoms. The molecule has 11 heavy (non-hydrogen) atoms. The lowest BCUT2D eigenvalue weighted by Gasteiger charge is -2.23. The van der Waals surface area contributed by atoms with Crippen LogP contribution in [0.4, 0.5) is 0 Å². The lowest BCUT2D eigenvalue weighted by molar-refractivity contribution is 0.524. The highest BCUT2D eigenvalue weighted by molar-refractivity contribution is 6.76. The second-order valence-corrected chi connectivity index (χ2v) is 10.7. The van der Waals surface area contributed by atoms with Crippen LogP contribution in [0.1, 0.15) is 12.8 Å². The second-order valence-electron chi connectivity index (χ2n) is 5.27. The molecule has 0 bridgehead atoms. The maximum absolute atomic E-state index is 3.32. The summed E-state index contributed by atoms with van der Waals surface area (Å²) in [6, 6.07) is 1.51. The second kappa shape index (κ2) is 2.90. The van der Waals surface area contributed by atoms with Crippen molar-refractivity contribution in [3.8, 4) is 0 Å². The van der Waals surface area contributed by atoms with Gasteiger partial charge in [0, 0.05) is 14.6 Å². The molecular weight excluding hydrogens is 150 g/mol. The molecule has 1 aliphatic carbocycles. The van der Waals surface area contributed by atoms with Gasteiger partial charge in [0.2, 0.25) is 0 Å². The topological polar surface area (TPSA) is 12.0 Å². The zero-order valence-corrected chi connectivity index (χ0v) is 9.33. The molecule has 0 radical (unpaired) electrons. The number of nitrogens with one attached hydrogen (secondary N) is 1. The van der Waals surface area contributed by atoms with Gasteiger partial charge in [0.1, 0.15) is 0 Å². The Balaban J connectivity index is 2.35. The lowest BCUT2D eigenvalue weighted by Crippen LogP contribution is -2.30. The summed E-state index contributed by atoms with van der Waals surface area (Å²) < 4.78 is 0. The predicted molar refractivity (Wildman–Crippen MR) is 53.7 cm³/mol. The van der Waals surface area contributed by atoms with E-state index >= 15 is 0 Å². The Hall–Kier alpha value is 0.177. The molecular formula is C9H21NSi. The van der Waals surface area contributed by atoms with E-state index in [1.165, 1.54) is 25.4 Å². The zero-order chi connectivity index (χ0) is 8.54. The molecule has 1 saturated carbocycles. The van der Waals surface area contributed by atoms with Gasteiger partial charge in [-0.25, -0.2) is 0 Å². The highest BCUT2D eigenvalue weighted by Crippen LogP contribution is 2.51. The lowest BCUT2D eigenvalue weighted by atomic mass is 10.1. The molecule has 0 saturated heterocycles. The van der Waals surface area contributed by atoms with Crippen LogP contribution in [0.15, 0.2) is 0 Å². The fourth-order valence-electron chi connectivity index (χ4n) is 2.09. The van der Waals surface area contributed by atoms with E-state index in [2.05, 4.69) is 32.0 Å². The van der Waals surface area contributed by atoms with Crippen molar-refractivity contribution in [1.29, 1.82) is 0 Å². The standard InChI is InChI=1S/C9H21NSi/c1-10-7-9(5-6-9)8-11(2,3)4/h10H,5-8H2,1-4H3. The van der Waals surface area contributed by atoms with Crippen LogP contribution in [-0.2, 0) is 0 Å². The van der Waals surface area contributed by atoms with Gasteiger partial charge in [0.15, 0.2) is 0 Å². The SMILES string of the molecule is CNCC1(C[Si](C)(C)C)CC1. The summed E-state index contributed by atoms with van der Waals surface area (Å²) in [7, 11) is 1.27. The number of hydrogen-bond donors (Lipinski definition) is 1. The van der Waals surface area contributed by atoms with Gasteiger partial charge in [-0.3, -0.25) is 0 Å². The molecule has 66 valence electrons. The maximum atomic E-state index is 3.32. The molecule has 0 aliphatic heterocycles. The summed E-state index contributed by atoms with van der Waals surface area (Å²) in [6.45, 7) is 8.67. The van der Waals surface area contributed by atoms with Crippen LogP contribution in [-0.4, -0.2) is 21.7 Å². The summed E-state index contributed by atoms with van der Waals surface area (Å²) in [6.07, 6.45) is 2.94. The van der Waals surface area contributed by atoms with E-state index in [9.17, 15) is 0 Å². The van der Waals surface area contributed by atoms with Gasteiger partial charge in [0.05, 0.1) is 0 Å². The molecule has 1 nitrogen and oxygen atoms in total. The fraction of sp³-hybridized carbons (Fsp3) is 1.00. The van der Waals surface area contributed by atoms with Gasteiger partial charge >= 0.3 is 0 Å². The maximum Gasteiger partial charge on any atom is 0.0448 e. The van der Waals surface area contributed by atoms with Gasteiger partial charge in [0.25, 0.3) is 0 Å². The van der Waals surface area contributed by atoms with Crippen LogP contribution in [0.25, 0.3) is 0 Å². The molecule has 1 N–H and O–H groups in total. The highest BCUT2D eigenvalue weighted by Gasteiger charge is 2.44. The van der Waals surface area contributed by atoms with E-state index < -0.39 is 8.07 Å². The third-order valence-corrected chi connectivity index (χ3v) is 4.22.